The van der Waals surface area contributed by atoms with Crippen LogP contribution < -0.4 is 5.32 Å². The van der Waals surface area contributed by atoms with Crippen molar-refractivity contribution in [1.82, 2.24) is 5.32 Å². The van der Waals surface area contributed by atoms with E-state index in [9.17, 15) is 9.59 Å². The van der Waals surface area contributed by atoms with Crippen molar-refractivity contribution in [2.45, 2.75) is 64.8 Å². The van der Waals surface area contributed by atoms with Crippen LogP contribution in [-0.2, 0) is 21.5 Å². The Morgan fingerprint density at radius 3 is 2.23 bits per heavy atom. The molecule has 0 aromatic heterocycles. The van der Waals surface area contributed by atoms with Gasteiger partial charge >= 0.3 is 5.97 Å². The number of hydrogen-bond donors (Lipinski definition) is 2. The van der Waals surface area contributed by atoms with Gasteiger partial charge in [0.05, 0.1) is 0 Å². The Labute approximate surface area is 132 Å². The topological polar surface area (TPSA) is 66.4 Å². The number of rotatable bonds is 9. The maximum absolute atomic E-state index is 11.7. The summed E-state index contributed by atoms with van der Waals surface area (Å²) in [4.78, 5) is 22.0. The van der Waals surface area contributed by atoms with E-state index in [0.717, 1.165) is 12.0 Å². The molecule has 122 valence electrons. The van der Waals surface area contributed by atoms with Crippen LogP contribution in [-0.4, -0.2) is 17.0 Å². The molecule has 0 radical (unpaired) electrons. The highest BCUT2D eigenvalue weighted by atomic mass is 16.4. The molecule has 0 aliphatic rings. The lowest BCUT2D eigenvalue weighted by Crippen LogP contribution is -2.22. The molecule has 1 aromatic rings. The van der Waals surface area contributed by atoms with E-state index in [0.29, 0.717) is 25.8 Å². The molecule has 0 aliphatic carbocycles. The number of amides is 1. The lowest BCUT2D eigenvalue weighted by atomic mass is 9.82. The van der Waals surface area contributed by atoms with Crippen LogP contribution in [0.5, 0.6) is 0 Å². The summed E-state index contributed by atoms with van der Waals surface area (Å²) >= 11 is 0. The predicted octanol–water partition coefficient (Wildman–Crippen LogP) is 3.64. The fourth-order valence-electron chi connectivity index (χ4n) is 2.13. The lowest BCUT2D eigenvalue weighted by molar-refractivity contribution is -0.137. The van der Waals surface area contributed by atoms with Gasteiger partial charge in [-0.25, -0.2) is 0 Å². The molecular weight excluding hydrogens is 278 g/mol. The normalized spacial score (nSPS) is 11.2. The van der Waals surface area contributed by atoms with Crippen molar-refractivity contribution in [1.29, 1.82) is 0 Å². The Morgan fingerprint density at radius 2 is 1.68 bits per heavy atom. The molecular formula is C18H27NO3. The Balaban J connectivity index is 2.35. The van der Waals surface area contributed by atoms with E-state index in [2.05, 4.69) is 50.4 Å². The first kappa shape index (κ1) is 18.2. The van der Waals surface area contributed by atoms with E-state index in [1.54, 1.807) is 0 Å². The van der Waals surface area contributed by atoms with Gasteiger partial charge in [0.25, 0.3) is 0 Å². The molecule has 22 heavy (non-hydrogen) atoms. The summed E-state index contributed by atoms with van der Waals surface area (Å²) in [6.07, 6.45) is 2.75. The van der Waals surface area contributed by atoms with E-state index in [1.807, 2.05) is 0 Å². The Kier molecular flexibility index (Phi) is 7.09. The Morgan fingerprint density at radius 1 is 1.09 bits per heavy atom. The minimum Gasteiger partial charge on any atom is -0.481 e. The van der Waals surface area contributed by atoms with Crippen LogP contribution in [0.2, 0.25) is 0 Å². The molecule has 0 saturated heterocycles. The first-order valence-electron chi connectivity index (χ1n) is 7.93. The number of carbonyl (C=O) groups excluding carboxylic acids is 1. The number of aliphatic carboxylic acids is 1. The highest BCUT2D eigenvalue weighted by Gasteiger charge is 2.17. The van der Waals surface area contributed by atoms with Crippen molar-refractivity contribution in [2.24, 2.45) is 0 Å². The summed E-state index contributed by atoms with van der Waals surface area (Å²) in [5, 5.41) is 11.4. The highest BCUT2D eigenvalue weighted by Crippen LogP contribution is 2.26. The first-order valence-corrected chi connectivity index (χ1v) is 7.93. The first-order chi connectivity index (χ1) is 10.3. The second kappa shape index (κ2) is 8.57. The third-order valence-corrected chi connectivity index (χ3v) is 4.15. The maximum atomic E-state index is 11.7. The number of carboxylic acid groups (broad SMARTS) is 1. The zero-order valence-corrected chi connectivity index (χ0v) is 13.8. The van der Waals surface area contributed by atoms with Gasteiger partial charge in [-0.1, -0.05) is 45.0 Å². The Hall–Kier alpha value is -1.84. The van der Waals surface area contributed by atoms with Crippen molar-refractivity contribution in [2.75, 3.05) is 0 Å². The van der Waals surface area contributed by atoms with E-state index in [1.165, 1.54) is 5.56 Å². The second-order valence-corrected chi connectivity index (χ2v) is 6.31. The second-order valence-electron chi connectivity index (χ2n) is 6.31. The minimum absolute atomic E-state index is 0.0247. The molecule has 1 amide bonds. The third-order valence-electron chi connectivity index (χ3n) is 4.15. The molecule has 0 fully saturated rings. The minimum atomic E-state index is -0.810. The number of hydrogen-bond acceptors (Lipinski definition) is 2. The molecule has 0 aliphatic heterocycles. The summed E-state index contributed by atoms with van der Waals surface area (Å²) < 4.78 is 0. The van der Waals surface area contributed by atoms with Crippen molar-refractivity contribution < 1.29 is 14.7 Å². The van der Waals surface area contributed by atoms with Crippen LogP contribution in [0.3, 0.4) is 0 Å². The molecule has 0 unspecified atom stereocenters. The SMILES string of the molecule is CCC(C)(C)c1ccc(CNC(=O)CCCCC(=O)O)cc1. The molecule has 1 aromatic carbocycles. The number of benzene rings is 1. The van der Waals surface area contributed by atoms with Crippen molar-refractivity contribution in [3.8, 4) is 0 Å². The molecule has 0 atom stereocenters. The van der Waals surface area contributed by atoms with Gasteiger partial charge in [-0.05, 0) is 35.8 Å². The molecule has 0 heterocycles. The summed E-state index contributed by atoms with van der Waals surface area (Å²) in [6, 6.07) is 8.35. The van der Waals surface area contributed by atoms with Crippen molar-refractivity contribution in [3.05, 3.63) is 35.4 Å². The van der Waals surface area contributed by atoms with Gasteiger partial charge < -0.3 is 10.4 Å². The quantitative estimate of drug-likeness (QED) is 0.685. The summed E-state index contributed by atoms with van der Waals surface area (Å²) in [7, 11) is 0. The molecule has 4 nitrogen and oxygen atoms in total. The molecule has 0 saturated carbocycles. The predicted molar refractivity (Wildman–Crippen MR) is 87.7 cm³/mol. The zero-order valence-electron chi connectivity index (χ0n) is 13.8. The standard InChI is InChI=1S/C18H27NO3/c1-4-18(2,3)15-11-9-14(10-12-15)13-19-16(20)7-5-6-8-17(21)22/h9-12H,4-8,13H2,1-3H3,(H,19,20)(H,21,22). The number of carbonyl (C=O) groups is 2. The molecule has 1 rings (SSSR count). The zero-order chi connectivity index (χ0) is 16.6. The number of carboxylic acids is 1. The molecule has 4 heteroatoms. The van der Waals surface area contributed by atoms with E-state index in [4.69, 9.17) is 5.11 Å². The van der Waals surface area contributed by atoms with Crippen LogP contribution >= 0.6 is 0 Å². The van der Waals surface area contributed by atoms with Gasteiger partial charge in [0, 0.05) is 19.4 Å². The third kappa shape index (κ3) is 6.29. The van der Waals surface area contributed by atoms with Gasteiger partial charge in [-0.15, -0.1) is 0 Å². The maximum Gasteiger partial charge on any atom is 0.303 e. The van der Waals surface area contributed by atoms with Gasteiger partial charge in [-0.3, -0.25) is 9.59 Å². The highest BCUT2D eigenvalue weighted by molar-refractivity contribution is 5.75. The van der Waals surface area contributed by atoms with Crippen molar-refractivity contribution >= 4 is 11.9 Å². The van der Waals surface area contributed by atoms with Crippen LogP contribution in [0.1, 0.15) is 64.0 Å². The average Bonchev–Trinajstić information content (AvgIpc) is 2.49. The van der Waals surface area contributed by atoms with Crippen LogP contribution in [0.15, 0.2) is 24.3 Å². The smallest absolute Gasteiger partial charge is 0.303 e. The van der Waals surface area contributed by atoms with Gasteiger partial charge in [0.1, 0.15) is 0 Å². The van der Waals surface area contributed by atoms with Crippen LogP contribution in [0, 0.1) is 0 Å². The monoisotopic (exact) mass is 305 g/mol. The van der Waals surface area contributed by atoms with Crippen LogP contribution in [0.4, 0.5) is 0 Å². The van der Waals surface area contributed by atoms with Gasteiger partial charge in [-0.2, -0.15) is 0 Å². The molecule has 2 N–H and O–H groups in total. The number of nitrogens with one attached hydrogen (secondary N) is 1. The average molecular weight is 305 g/mol. The number of unbranched alkanes of at least 4 members (excludes halogenated alkanes) is 1. The summed E-state index contributed by atoms with van der Waals surface area (Å²) in [5.41, 5.74) is 2.56. The fourth-order valence-corrected chi connectivity index (χ4v) is 2.13. The Bertz CT molecular complexity index is 492. The van der Waals surface area contributed by atoms with E-state index in [-0.39, 0.29) is 17.7 Å². The van der Waals surface area contributed by atoms with Crippen molar-refractivity contribution in [3.63, 3.8) is 0 Å². The molecule has 0 bridgehead atoms. The molecule has 0 spiro atoms. The van der Waals surface area contributed by atoms with Gasteiger partial charge in [0.15, 0.2) is 0 Å². The summed E-state index contributed by atoms with van der Waals surface area (Å²) in [6.45, 7) is 7.14. The largest absolute Gasteiger partial charge is 0.481 e. The van der Waals surface area contributed by atoms with Crippen LogP contribution in [0.25, 0.3) is 0 Å². The van der Waals surface area contributed by atoms with Gasteiger partial charge in [0.2, 0.25) is 5.91 Å². The van der Waals surface area contributed by atoms with E-state index >= 15 is 0 Å². The summed E-state index contributed by atoms with van der Waals surface area (Å²) in [5.74, 6) is -0.834. The lowest BCUT2D eigenvalue weighted by Gasteiger charge is -2.23. The van der Waals surface area contributed by atoms with E-state index < -0.39 is 5.97 Å². The fraction of sp³-hybridized carbons (Fsp3) is 0.556.